The summed E-state index contributed by atoms with van der Waals surface area (Å²) < 4.78 is 54.9. The number of hydrogen-bond donors (Lipinski definition) is 3. The first kappa shape index (κ1) is 43.6. The van der Waals surface area contributed by atoms with E-state index in [2.05, 4.69) is 66.0 Å². The molecule has 0 radical (unpaired) electrons. The third-order valence-electron chi connectivity index (χ3n) is 9.17. The van der Waals surface area contributed by atoms with Crippen LogP contribution in [0.3, 0.4) is 0 Å². The Kier molecular flexibility index (Phi) is 19.0. The molecule has 3 aromatic rings. The Hall–Kier alpha value is -3.77. The van der Waals surface area contributed by atoms with Gasteiger partial charge in [0.25, 0.3) is 10.1 Å². The van der Waals surface area contributed by atoms with Crippen LogP contribution in [0, 0.1) is 36.5 Å². The Balaban J connectivity index is 1.35. The van der Waals surface area contributed by atoms with E-state index in [0.717, 1.165) is 47.6 Å². The van der Waals surface area contributed by atoms with Crippen molar-refractivity contribution in [2.45, 2.75) is 40.7 Å². The molecule has 0 aliphatic carbocycles. The number of anilines is 3. The van der Waals surface area contributed by atoms with Gasteiger partial charge in [-0.2, -0.15) is 18.9 Å². The van der Waals surface area contributed by atoms with Gasteiger partial charge in [0.2, 0.25) is 0 Å². The van der Waals surface area contributed by atoms with Crippen molar-refractivity contribution in [2.24, 2.45) is 0 Å². The second-order valence-electron chi connectivity index (χ2n) is 12.7. The first-order chi connectivity index (χ1) is 25.5. The number of benzene rings is 2. The Labute approximate surface area is 319 Å². The number of likely N-dealkylation sites (N-methyl/N-ethyl adjacent to an activating group) is 1. The monoisotopic (exact) mass is 771 g/mol. The fourth-order valence-electron chi connectivity index (χ4n) is 5.80. The van der Waals surface area contributed by atoms with Crippen LogP contribution in [0.2, 0.25) is 0 Å². The molecule has 0 fully saturated rings. The second kappa shape index (κ2) is 23.1. The topological polar surface area (TPSA) is 166 Å². The highest BCUT2D eigenvalue weighted by Gasteiger charge is 2.23. The van der Waals surface area contributed by atoms with Gasteiger partial charge in [-0.1, -0.05) is 30.3 Å². The van der Waals surface area contributed by atoms with Gasteiger partial charge < -0.3 is 28.3 Å². The van der Waals surface area contributed by atoms with Crippen molar-refractivity contribution in [3.8, 4) is 12.1 Å². The van der Waals surface area contributed by atoms with Crippen molar-refractivity contribution in [1.29, 1.82) is 10.5 Å². The fraction of sp³-hybridized carbons (Fsp3) is 0.526. The molecular weight excluding hydrogens is 717 g/mol. The van der Waals surface area contributed by atoms with Crippen molar-refractivity contribution in [1.82, 2.24) is 0 Å². The number of rotatable bonds is 27. The van der Waals surface area contributed by atoms with E-state index in [1.807, 2.05) is 31.2 Å². The van der Waals surface area contributed by atoms with Crippen LogP contribution in [-0.2, 0) is 35.6 Å². The lowest BCUT2D eigenvalue weighted by Gasteiger charge is -2.36. The molecular formula is C38H55N6O7S2+. The standard InChI is InChI=1S/C38H54N6O7S2/c1-5-44(6-2,16-10-26-53(45,46)47)17-19-49-21-23-51-25-24-50-22-20-48-18-15-43(30-33-11-8-7-9-12-33)34-13-14-36(31(3)27-34)41-42-38-35(28-39)32(4)37(29-40)52-38/h7-9,11-14,27,41-42H,5-6,10,15-26,30H2,1-4H3/p+1. The van der Waals surface area contributed by atoms with Gasteiger partial charge in [-0.05, 0) is 62.6 Å². The third kappa shape index (κ3) is 15.2. The molecule has 0 unspecified atom stereocenters. The number of hydrazine groups is 1. The van der Waals surface area contributed by atoms with Crippen LogP contribution in [-0.4, -0.2) is 109 Å². The molecule has 0 aliphatic rings. The number of quaternary nitrogens is 1. The van der Waals surface area contributed by atoms with Crippen LogP contribution in [0.4, 0.5) is 16.4 Å². The summed E-state index contributed by atoms with van der Waals surface area (Å²) in [7, 11) is -3.94. The summed E-state index contributed by atoms with van der Waals surface area (Å²) >= 11 is 1.26. The van der Waals surface area contributed by atoms with E-state index in [1.165, 1.54) is 16.9 Å². The summed E-state index contributed by atoms with van der Waals surface area (Å²) in [5.41, 5.74) is 11.6. The highest BCUT2D eigenvalue weighted by atomic mass is 32.2. The van der Waals surface area contributed by atoms with Gasteiger partial charge in [0.05, 0.1) is 89.5 Å². The molecule has 0 saturated carbocycles. The molecule has 3 rings (SSSR count). The van der Waals surface area contributed by atoms with Crippen molar-refractivity contribution in [2.75, 3.05) is 107 Å². The number of nitrogens with one attached hydrogen (secondary N) is 2. The van der Waals surface area contributed by atoms with E-state index < -0.39 is 10.1 Å². The molecule has 290 valence electrons. The van der Waals surface area contributed by atoms with Crippen LogP contribution in [0.15, 0.2) is 48.5 Å². The highest BCUT2D eigenvalue weighted by molar-refractivity contribution is 7.85. The van der Waals surface area contributed by atoms with Crippen molar-refractivity contribution in [3.05, 3.63) is 75.7 Å². The van der Waals surface area contributed by atoms with Gasteiger partial charge in [-0.25, -0.2) is 0 Å². The van der Waals surface area contributed by atoms with Crippen LogP contribution < -0.4 is 15.8 Å². The number of ether oxygens (including phenoxy) is 4. The minimum atomic E-state index is -3.94. The molecule has 53 heavy (non-hydrogen) atoms. The molecule has 15 heteroatoms. The number of aryl methyl sites for hydroxylation is 1. The van der Waals surface area contributed by atoms with E-state index in [4.69, 9.17) is 23.5 Å². The molecule has 0 amide bonds. The molecule has 13 nitrogen and oxygen atoms in total. The smallest absolute Gasteiger partial charge is 0.265 e. The zero-order valence-corrected chi connectivity index (χ0v) is 33.1. The third-order valence-corrected chi connectivity index (χ3v) is 11.1. The zero-order valence-electron chi connectivity index (χ0n) is 31.4. The minimum absolute atomic E-state index is 0.215. The average Bonchev–Trinajstić information content (AvgIpc) is 3.46. The van der Waals surface area contributed by atoms with Crippen LogP contribution in [0.5, 0.6) is 0 Å². The van der Waals surface area contributed by atoms with Gasteiger partial charge in [0, 0.05) is 25.2 Å². The molecule has 1 heterocycles. The molecule has 0 saturated heterocycles. The average molecular weight is 772 g/mol. The Bertz CT molecular complexity index is 1720. The van der Waals surface area contributed by atoms with E-state index in [-0.39, 0.29) is 5.75 Å². The first-order valence-corrected chi connectivity index (χ1v) is 20.4. The lowest BCUT2D eigenvalue weighted by molar-refractivity contribution is -0.925. The summed E-state index contributed by atoms with van der Waals surface area (Å²) in [5.74, 6) is -0.215. The van der Waals surface area contributed by atoms with Crippen molar-refractivity contribution >= 4 is 37.8 Å². The maximum absolute atomic E-state index is 11.1. The summed E-state index contributed by atoms with van der Waals surface area (Å²) in [6, 6.07) is 20.8. The number of hydrogen-bond acceptors (Lipinski definition) is 12. The van der Waals surface area contributed by atoms with Crippen LogP contribution >= 0.6 is 11.3 Å². The van der Waals surface area contributed by atoms with Gasteiger partial charge >= 0.3 is 0 Å². The van der Waals surface area contributed by atoms with Crippen LogP contribution in [0.25, 0.3) is 0 Å². The fourth-order valence-corrected chi connectivity index (χ4v) is 7.20. The molecule has 2 aromatic carbocycles. The predicted octanol–water partition coefficient (Wildman–Crippen LogP) is 5.75. The Morgan fingerprint density at radius 2 is 1.45 bits per heavy atom. The quantitative estimate of drug-likeness (QED) is 0.0372. The Morgan fingerprint density at radius 1 is 0.830 bits per heavy atom. The van der Waals surface area contributed by atoms with Crippen molar-refractivity contribution < 1.29 is 36.4 Å². The largest absolute Gasteiger partial charge is 0.377 e. The predicted molar refractivity (Wildman–Crippen MR) is 210 cm³/mol. The normalized spacial score (nSPS) is 11.6. The summed E-state index contributed by atoms with van der Waals surface area (Å²) in [6.07, 6.45) is 0.420. The van der Waals surface area contributed by atoms with Gasteiger partial charge in [0.1, 0.15) is 28.6 Å². The Morgan fingerprint density at radius 3 is 2.02 bits per heavy atom. The lowest BCUT2D eigenvalue weighted by atomic mass is 10.1. The minimum Gasteiger partial charge on any atom is -0.377 e. The number of thiophene rings is 1. The second-order valence-corrected chi connectivity index (χ2v) is 15.2. The summed E-state index contributed by atoms with van der Waals surface area (Å²) in [5, 5.41) is 19.5. The van der Waals surface area contributed by atoms with Gasteiger partial charge in [0.15, 0.2) is 0 Å². The summed E-state index contributed by atoms with van der Waals surface area (Å²) in [4.78, 5) is 2.80. The van der Waals surface area contributed by atoms with Gasteiger partial charge in [-0.3, -0.25) is 15.4 Å². The summed E-state index contributed by atoms with van der Waals surface area (Å²) in [6.45, 7) is 16.4. The molecule has 3 N–H and O–H groups in total. The lowest BCUT2D eigenvalue weighted by Crippen LogP contribution is -2.50. The van der Waals surface area contributed by atoms with E-state index >= 15 is 0 Å². The molecule has 0 spiro atoms. The van der Waals surface area contributed by atoms with Gasteiger partial charge in [-0.15, -0.1) is 11.3 Å². The number of nitriles is 2. The van der Waals surface area contributed by atoms with Crippen LogP contribution in [0.1, 0.15) is 47.4 Å². The maximum atomic E-state index is 11.1. The first-order valence-electron chi connectivity index (χ1n) is 18.0. The van der Waals surface area contributed by atoms with E-state index in [9.17, 15) is 18.9 Å². The zero-order chi connectivity index (χ0) is 38.5. The van der Waals surface area contributed by atoms with E-state index in [0.29, 0.717) is 93.4 Å². The molecule has 0 aliphatic heterocycles. The molecule has 1 aromatic heterocycles. The molecule has 0 bridgehead atoms. The molecule has 0 atom stereocenters. The highest BCUT2D eigenvalue weighted by Crippen LogP contribution is 2.32. The number of nitrogens with zero attached hydrogens (tertiary/aromatic N) is 4. The van der Waals surface area contributed by atoms with E-state index in [1.54, 1.807) is 6.92 Å². The maximum Gasteiger partial charge on any atom is 0.265 e. The van der Waals surface area contributed by atoms with Crippen molar-refractivity contribution in [3.63, 3.8) is 0 Å². The SMILES string of the molecule is CC[N+](CC)(CCCS(=O)(=O)O)CCOCCOCCOCCOCCN(Cc1ccccc1)c1ccc(NNc2sc(C#N)c(C)c2C#N)c(C)c1.